The summed E-state index contributed by atoms with van der Waals surface area (Å²) < 4.78 is 21.9. The smallest absolute Gasteiger partial charge is 0.239 e. The fourth-order valence-electron chi connectivity index (χ4n) is 3.45. The number of hydrogen-bond donors (Lipinski definition) is 6. The van der Waals surface area contributed by atoms with Crippen molar-refractivity contribution >= 4 is 11.0 Å². The number of phenols is 3. The van der Waals surface area contributed by atoms with Gasteiger partial charge in [0.05, 0.1) is 13.7 Å². The summed E-state index contributed by atoms with van der Waals surface area (Å²) in [6.07, 6.45) is -5.74. The van der Waals surface area contributed by atoms with Gasteiger partial charge in [-0.1, -0.05) is 0 Å². The van der Waals surface area contributed by atoms with Crippen LogP contribution in [0.5, 0.6) is 28.7 Å². The van der Waals surface area contributed by atoms with Crippen molar-refractivity contribution in [3.05, 3.63) is 40.6 Å². The summed E-state index contributed by atoms with van der Waals surface area (Å²) in [6.45, 7) is -0.601. The molecule has 2 heterocycles. The fraction of sp³-hybridized carbons (Fsp3) is 0.286. The zero-order chi connectivity index (χ0) is 23.2. The lowest BCUT2D eigenvalue weighted by molar-refractivity contribution is -0.117. The second-order valence-corrected chi connectivity index (χ2v) is 7.14. The van der Waals surface area contributed by atoms with Crippen LogP contribution in [-0.2, 0) is 4.74 Å². The summed E-state index contributed by atoms with van der Waals surface area (Å²) in [5.41, 5.74) is -0.713. The molecular formula is C21H20O11. The number of ether oxygens (including phenoxy) is 3. The Morgan fingerprint density at radius 3 is 2.41 bits per heavy atom. The quantitative estimate of drug-likeness (QED) is 0.298. The standard InChI is InChI=1S/C21H20O11/c1-29-12-5-9(23)6-13-15(12)17(27)20(32-21-18(28)16(26)14(7-22)31-21)19(30-13)8-2-3-10(24)11(25)4-8/h2-6,14,16,18,21-26,28H,7H2,1H3/t14-,16-,18+,21+/m1/s1. The van der Waals surface area contributed by atoms with E-state index in [0.29, 0.717) is 0 Å². The molecule has 32 heavy (non-hydrogen) atoms. The lowest BCUT2D eigenvalue weighted by atomic mass is 10.1. The highest BCUT2D eigenvalue weighted by Gasteiger charge is 2.44. The van der Waals surface area contributed by atoms with Gasteiger partial charge in [-0.3, -0.25) is 4.79 Å². The van der Waals surface area contributed by atoms with Crippen LogP contribution in [0.2, 0.25) is 0 Å². The van der Waals surface area contributed by atoms with Gasteiger partial charge in [-0.15, -0.1) is 0 Å². The van der Waals surface area contributed by atoms with Gasteiger partial charge in [-0.05, 0) is 18.2 Å². The van der Waals surface area contributed by atoms with Crippen LogP contribution in [0.15, 0.2) is 39.5 Å². The van der Waals surface area contributed by atoms with Gasteiger partial charge in [0.1, 0.15) is 40.8 Å². The van der Waals surface area contributed by atoms with E-state index in [9.17, 15) is 35.4 Å². The van der Waals surface area contributed by atoms with Gasteiger partial charge in [-0.2, -0.15) is 0 Å². The number of rotatable bonds is 5. The van der Waals surface area contributed by atoms with Gasteiger partial charge in [0.25, 0.3) is 0 Å². The van der Waals surface area contributed by atoms with Gasteiger partial charge in [0.15, 0.2) is 17.3 Å². The predicted octanol–water partition coefficient (Wildman–Crippen LogP) is 0.403. The molecule has 11 heteroatoms. The molecule has 3 aromatic rings. The molecule has 0 spiro atoms. The molecule has 0 amide bonds. The molecule has 11 nitrogen and oxygen atoms in total. The number of hydrogen-bond acceptors (Lipinski definition) is 11. The van der Waals surface area contributed by atoms with Crippen LogP contribution in [0.3, 0.4) is 0 Å². The third-order valence-corrected chi connectivity index (χ3v) is 5.09. The number of benzene rings is 2. The molecule has 4 rings (SSSR count). The molecule has 0 unspecified atom stereocenters. The van der Waals surface area contributed by atoms with E-state index < -0.39 is 53.9 Å². The van der Waals surface area contributed by atoms with Gasteiger partial charge in [-0.25, -0.2) is 0 Å². The topological polar surface area (TPSA) is 179 Å². The first-order valence-corrected chi connectivity index (χ1v) is 9.44. The van der Waals surface area contributed by atoms with Gasteiger partial charge >= 0.3 is 0 Å². The number of methoxy groups -OCH3 is 1. The Hall–Kier alpha value is -3.51. The first-order chi connectivity index (χ1) is 15.2. The molecule has 1 aliphatic heterocycles. The van der Waals surface area contributed by atoms with Crippen LogP contribution in [-0.4, -0.2) is 69.0 Å². The lowest BCUT2D eigenvalue weighted by Crippen LogP contribution is -2.36. The van der Waals surface area contributed by atoms with E-state index in [0.717, 1.165) is 12.1 Å². The first kappa shape index (κ1) is 21.7. The Labute approximate surface area is 179 Å². The monoisotopic (exact) mass is 448 g/mol. The predicted molar refractivity (Wildman–Crippen MR) is 108 cm³/mol. The van der Waals surface area contributed by atoms with E-state index in [2.05, 4.69) is 0 Å². The normalized spacial score (nSPS) is 22.9. The van der Waals surface area contributed by atoms with Crippen molar-refractivity contribution in [2.45, 2.75) is 24.6 Å². The molecule has 2 aromatic carbocycles. The maximum atomic E-state index is 13.4. The van der Waals surface area contributed by atoms with Crippen LogP contribution in [0, 0.1) is 0 Å². The average Bonchev–Trinajstić information content (AvgIpc) is 3.04. The molecule has 0 saturated carbocycles. The Morgan fingerprint density at radius 2 is 1.78 bits per heavy atom. The van der Waals surface area contributed by atoms with Crippen molar-refractivity contribution in [2.24, 2.45) is 0 Å². The molecule has 1 aromatic heterocycles. The molecule has 170 valence electrons. The van der Waals surface area contributed by atoms with E-state index >= 15 is 0 Å². The maximum Gasteiger partial charge on any atom is 0.239 e. The Balaban J connectivity index is 1.94. The SMILES string of the molecule is COc1cc(O)cc2oc(-c3ccc(O)c(O)c3)c(O[C@@H]3O[C@H](CO)[C@@H](O)[C@@H]3O)c(=O)c12. The van der Waals surface area contributed by atoms with E-state index in [-0.39, 0.29) is 33.8 Å². The fourth-order valence-corrected chi connectivity index (χ4v) is 3.45. The number of aliphatic hydroxyl groups excluding tert-OH is 3. The minimum atomic E-state index is -1.59. The van der Waals surface area contributed by atoms with Crippen LogP contribution < -0.4 is 14.9 Å². The molecule has 6 N–H and O–H groups in total. The minimum absolute atomic E-state index is 0.0140. The molecule has 1 saturated heterocycles. The van der Waals surface area contributed by atoms with E-state index in [1.54, 1.807) is 0 Å². The summed E-state index contributed by atoms with van der Waals surface area (Å²) in [4.78, 5) is 13.4. The van der Waals surface area contributed by atoms with Crippen molar-refractivity contribution in [1.29, 1.82) is 0 Å². The zero-order valence-corrected chi connectivity index (χ0v) is 16.6. The zero-order valence-electron chi connectivity index (χ0n) is 16.6. The highest BCUT2D eigenvalue weighted by atomic mass is 16.7. The summed E-state index contributed by atoms with van der Waals surface area (Å²) in [7, 11) is 1.28. The summed E-state index contributed by atoms with van der Waals surface area (Å²) >= 11 is 0. The van der Waals surface area contributed by atoms with Crippen LogP contribution in [0.25, 0.3) is 22.3 Å². The molecular weight excluding hydrogens is 428 g/mol. The average molecular weight is 448 g/mol. The van der Waals surface area contributed by atoms with Crippen molar-refractivity contribution in [1.82, 2.24) is 0 Å². The second kappa shape index (κ2) is 8.20. The Kier molecular flexibility index (Phi) is 5.57. The van der Waals surface area contributed by atoms with Crippen LogP contribution in [0.4, 0.5) is 0 Å². The van der Waals surface area contributed by atoms with Gasteiger partial charge in [0, 0.05) is 17.7 Å². The summed E-state index contributed by atoms with van der Waals surface area (Å²) in [5, 5.41) is 58.9. The maximum absolute atomic E-state index is 13.4. The molecule has 0 radical (unpaired) electrons. The van der Waals surface area contributed by atoms with Crippen LogP contribution >= 0.6 is 0 Å². The number of aliphatic hydroxyl groups is 3. The van der Waals surface area contributed by atoms with E-state index in [1.807, 2.05) is 0 Å². The van der Waals surface area contributed by atoms with Crippen molar-refractivity contribution < 1.29 is 49.3 Å². The van der Waals surface area contributed by atoms with Crippen molar-refractivity contribution in [2.75, 3.05) is 13.7 Å². The van der Waals surface area contributed by atoms with Crippen molar-refractivity contribution in [3.63, 3.8) is 0 Å². The molecule has 0 bridgehead atoms. The molecule has 1 aliphatic rings. The highest BCUT2D eigenvalue weighted by Crippen LogP contribution is 2.39. The van der Waals surface area contributed by atoms with Crippen molar-refractivity contribution in [3.8, 4) is 40.1 Å². The Bertz CT molecular complexity index is 1220. The van der Waals surface area contributed by atoms with E-state index in [4.69, 9.17) is 18.6 Å². The highest BCUT2D eigenvalue weighted by molar-refractivity contribution is 5.88. The number of phenolic OH excluding ortho intramolecular Hbond substituents is 3. The van der Waals surface area contributed by atoms with Crippen LogP contribution in [0.1, 0.15) is 0 Å². The molecule has 1 fully saturated rings. The second-order valence-electron chi connectivity index (χ2n) is 7.14. The third-order valence-electron chi connectivity index (χ3n) is 5.09. The lowest BCUT2D eigenvalue weighted by Gasteiger charge is -2.19. The Morgan fingerprint density at radius 1 is 1.03 bits per heavy atom. The largest absolute Gasteiger partial charge is 0.508 e. The number of fused-ring (bicyclic) bond motifs is 1. The third kappa shape index (κ3) is 3.56. The van der Waals surface area contributed by atoms with Gasteiger partial charge in [0.2, 0.25) is 17.5 Å². The first-order valence-electron chi connectivity index (χ1n) is 9.44. The summed E-state index contributed by atoms with van der Waals surface area (Å²) in [5.74, 6) is -1.85. The molecule has 0 aliphatic carbocycles. The molecule has 4 atom stereocenters. The van der Waals surface area contributed by atoms with E-state index in [1.165, 1.54) is 25.3 Å². The minimum Gasteiger partial charge on any atom is -0.508 e. The van der Waals surface area contributed by atoms with Gasteiger partial charge < -0.3 is 49.3 Å². The summed E-state index contributed by atoms with van der Waals surface area (Å²) in [6, 6.07) is 5.99. The number of aromatic hydroxyl groups is 3.